The molecule has 2 heterocycles. The molecule has 112 valence electrons. The zero-order valence-corrected chi connectivity index (χ0v) is 12.0. The number of amides is 1. The van der Waals surface area contributed by atoms with E-state index in [9.17, 15) is 4.79 Å². The summed E-state index contributed by atoms with van der Waals surface area (Å²) in [6, 6.07) is 5.19. The van der Waals surface area contributed by atoms with Crippen LogP contribution in [-0.4, -0.2) is 36.3 Å². The molecule has 2 aromatic rings. The Morgan fingerprint density at radius 2 is 2.29 bits per heavy atom. The second-order valence-corrected chi connectivity index (χ2v) is 4.48. The lowest BCUT2D eigenvalue weighted by Gasteiger charge is -2.06. The minimum Gasteiger partial charge on any atom is -0.385 e. The van der Waals surface area contributed by atoms with Gasteiger partial charge in [-0.15, -0.1) is 0 Å². The van der Waals surface area contributed by atoms with Crippen LogP contribution in [0.25, 0.3) is 0 Å². The van der Waals surface area contributed by atoms with Crippen LogP contribution in [0.15, 0.2) is 28.9 Å². The highest BCUT2D eigenvalue weighted by atomic mass is 16.5. The summed E-state index contributed by atoms with van der Waals surface area (Å²) in [7, 11) is 1.63. The van der Waals surface area contributed by atoms with Crippen molar-refractivity contribution in [1.82, 2.24) is 15.5 Å². The number of carbonyl (C=O) groups is 1. The number of nitrogens with zero attached hydrogens (tertiary/aromatic N) is 2. The molecule has 0 aliphatic heterocycles. The number of nitrogens with one attached hydrogen (secondary N) is 2. The highest BCUT2D eigenvalue weighted by Gasteiger charge is 2.08. The summed E-state index contributed by atoms with van der Waals surface area (Å²) in [6.45, 7) is 2.97. The SMILES string of the molecule is COCCCNC(=O)c1cc(Nc2cc(C)on2)ccn1. The maximum atomic E-state index is 11.9. The topological polar surface area (TPSA) is 89.3 Å². The van der Waals surface area contributed by atoms with E-state index >= 15 is 0 Å². The Labute approximate surface area is 122 Å². The van der Waals surface area contributed by atoms with E-state index in [4.69, 9.17) is 9.26 Å². The number of aryl methyl sites for hydroxylation is 1. The third-order valence-corrected chi connectivity index (χ3v) is 2.70. The Balaban J connectivity index is 1.95. The van der Waals surface area contributed by atoms with Gasteiger partial charge in [0.15, 0.2) is 5.82 Å². The summed E-state index contributed by atoms with van der Waals surface area (Å²) in [6.07, 6.45) is 2.33. The van der Waals surface area contributed by atoms with E-state index in [1.807, 2.05) is 6.92 Å². The van der Waals surface area contributed by atoms with Gasteiger partial charge in [-0.1, -0.05) is 5.16 Å². The Bertz CT molecular complexity index is 597. The lowest BCUT2D eigenvalue weighted by atomic mass is 10.3. The molecule has 0 aliphatic carbocycles. The molecule has 2 rings (SSSR count). The monoisotopic (exact) mass is 290 g/mol. The number of rotatable bonds is 7. The van der Waals surface area contributed by atoms with Gasteiger partial charge in [0.05, 0.1) is 0 Å². The van der Waals surface area contributed by atoms with Crippen molar-refractivity contribution in [2.45, 2.75) is 13.3 Å². The number of hydrogen-bond acceptors (Lipinski definition) is 6. The van der Waals surface area contributed by atoms with Crippen LogP contribution in [0, 0.1) is 6.92 Å². The first-order chi connectivity index (χ1) is 10.2. The largest absolute Gasteiger partial charge is 0.385 e. The predicted molar refractivity (Wildman–Crippen MR) is 77.6 cm³/mol. The highest BCUT2D eigenvalue weighted by molar-refractivity contribution is 5.93. The molecule has 0 radical (unpaired) electrons. The van der Waals surface area contributed by atoms with Gasteiger partial charge in [0.1, 0.15) is 11.5 Å². The van der Waals surface area contributed by atoms with Gasteiger partial charge in [-0.05, 0) is 25.5 Å². The third kappa shape index (κ3) is 4.57. The van der Waals surface area contributed by atoms with Crippen molar-refractivity contribution >= 4 is 17.4 Å². The van der Waals surface area contributed by atoms with Crippen molar-refractivity contribution in [3.63, 3.8) is 0 Å². The van der Waals surface area contributed by atoms with Crippen LogP contribution in [0.2, 0.25) is 0 Å². The zero-order chi connectivity index (χ0) is 15.1. The van der Waals surface area contributed by atoms with Crippen LogP contribution in [0.5, 0.6) is 0 Å². The Morgan fingerprint density at radius 3 is 3.00 bits per heavy atom. The quantitative estimate of drug-likeness (QED) is 0.757. The van der Waals surface area contributed by atoms with Gasteiger partial charge in [0, 0.05) is 38.2 Å². The number of pyridine rings is 1. The van der Waals surface area contributed by atoms with E-state index in [0.29, 0.717) is 30.4 Å². The summed E-state index contributed by atoms with van der Waals surface area (Å²) in [5.41, 5.74) is 1.07. The molecule has 2 N–H and O–H groups in total. The zero-order valence-electron chi connectivity index (χ0n) is 12.0. The first-order valence-electron chi connectivity index (χ1n) is 6.62. The molecule has 21 heavy (non-hydrogen) atoms. The summed E-state index contributed by atoms with van der Waals surface area (Å²) in [4.78, 5) is 16.0. The molecule has 7 heteroatoms. The maximum absolute atomic E-state index is 11.9. The number of aromatic nitrogens is 2. The van der Waals surface area contributed by atoms with Crippen molar-refractivity contribution in [3.8, 4) is 0 Å². The lowest BCUT2D eigenvalue weighted by molar-refractivity contribution is 0.0943. The number of ether oxygens (including phenoxy) is 1. The highest BCUT2D eigenvalue weighted by Crippen LogP contribution is 2.16. The molecule has 0 aliphatic rings. The van der Waals surface area contributed by atoms with Crippen molar-refractivity contribution in [2.75, 3.05) is 25.6 Å². The molecular formula is C14H18N4O3. The molecule has 2 aromatic heterocycles. The van der Waals surface area contributed by atoms with Crippen molar-refractivity contribution in [1.29, 1.82) is 0 Å². The Hall–Kier alpha value is -2.41. The maximum Gasteiger partial charge on any atom is 0.269 e. The number of methoxy groups -OCH3 is 1. The molecule has 1 amide bonds. The normalized spacial score (nSPS) is 10.4. The van der Waals surface area contributed by atoms with Gasteiger partial charge in [-0.2, -0.15) is 0 Å². The fraction of sp³-hybridized carbons (Fsp3) is 0.357. The van der Waals surface area contributed by atoms with Gasteiger partial charge < -0.3 is 19.9 Å². The standard InChI is InChI=1S/C14H18N4O3/c1-10-8-13(18-21-10)17-11-4-6-15-12(9-11)14(19)16-5-3-7-20-2/h4,6,8-9H,3,5,7H2,1-2H3,(H,16,19)(H,15,17,18). The van der Waals surface area contributed by atoms with Crippen molar-refractivity contribution in [2.24, 2.45) is 0 Å². The molecule has 0 atom stereocenters. The second-order valence-electron chi connectivity index (χ2n) is 4.48. The van der Waals surface area contributed by atoms with Crippen molar-refractivity contribution < 1.29 is 14.1 Å². The fourth-order valence-corrected chi connectivity index (χ4v) is 1.71. The molecule has 0 unspecified atom stereocenters. The molecule has 0 bridgehead atoms. The number of hydrogen-bond donors (Lipinski definition) is 2. The minimum absolute atomic E-state index is 0.217. The molecule has 0 spiro atoms. The van der Waals surface area contributed by atoms with Crippen LogP contribution >= 0.6 is 0 Å². The summed E-state index contributed by atoms with van der Waals surface area (Å²) < 4.78 is 9.90. The van der Waals surface area contributed by atoms with Crippen molar-refractivity contribution in [3.05, 3.63) is 35.9 Å². The smallest absolute Gasteiger partial charge is 0.269 e. The van der Waals surface area contributed by atoms with E-state index in [2.05, 4.69) is 20.8 Å². The Morgan fingerprint density at radius 1 is 1.43 bits per heavy atom. The lowest BCUT2D eigenvalue weighted by Crippen LogP contribution is -2.26. The van der Waals surface area contributed by atoms with Crippen LogP contribution in [-0.2, 0) is 4.74 Å². The summed E-state index contributed by atoms with van der Waals surface area (Å²) in [5, 5.41) is 9.67. The van der Waals surface area contributed by atoms with E-state index < -0.39 is 0 Å². The van der Waals surface area contributed by atoms with Crippen LogP contribution < -0.4 is 10.6 Å². The molecule has 0 aromatic carbocycles. The molecule has 0 saturated heterocycles. The Kier molecular flexibility index (Phi) is 5.28. The van der Waals surface area contributed by atoms with Gasteiger partial charge >= 0.3 is 0 Å². The van der Waals surface area contributed by atoms with E-state index in [-0.39, 0.29) is 5.91 Å². The van der Waals surface area contributed by atoms with Crippen LogP contribution in [0.3, 0.4) is 0 Å². The first-order valence-corrected chi connectivity index (χ1v) is 6.62. The minimum atomic E-state index is -0.217. The first kappa shape index (κ1) is 15.0. The van der Waals surface area contributed by atoms with E-state index in [1.165, 1.54) is 0 Å². The van der Waals surface area contributed by atoms with E-state index in [1.54, 1.807) is 31.5 Å². The molecule has 7 nitrogen and oxygen atoms in total. The predicted octanol–water partition coefficient (Wildman–Crippen LogP) is 1.89. The second kappa shape index (κ2) is 7.39. The number of carbonyl (C=O) groups excluding carboxylic acids is 1. The average Bonchev–Trinajstić information content (AvgIpc) is 2.89. The molecular weight excluding hydrogens is 272 g/mol. The molecule has 0 saturated carbocycles. The third-order valence-electron chi connectivity index (χ3n) is 2.70. The summed E-state index contributed by atoms with van der Waals surface area (Å²) in [5.74, 6) is 1.08. The fourth-order valence-electron chi connectivity index (χ4n) is 1.71. The van der Waals surface area contributed by atoms with Gasteiger partial charge in [-0.25, -0.2) is 0 Å². The van der Waals surface area contributed by atoms with Gasteiger partial charge in [-0.3, -0.25) is 9.78 Å². The average molecular weight is 290 g/mol. The van der Waals surface area contributed by atoms with Gasteiger partial charge in [0.25, 0.3) is 5.91 Å². The molecule has 0 fully saturated rings. The van der Waals surface area contributed by atoms with E-state index in [0.717, 1.165) is 12.1 Å². The van der Waals surface area contributed by atoms with Crippen LogP contribution in [0.1, 0.15) is 22.7 Å². The summed E-state index contributed by atoms with van der Waals surface area (Å²) >= 11 is 0. The number of anilines is 2. The van der Waals surface area contributed by atoms with Crippen LogP contribution in [0.4, 0.5) is 11.5 Å². The van der Waals surface area contributed by atoms with Gasteiger partial charge in [0.2, 0.25) is 0 Å².